The standard InChI is InChI=1S/C25H44O/c1-4-7-10-11-12-13-14-19-23(24-20-15-16-21-25(24)26)22(17-8-5-2)18-9-6-3/h15-16,20-23,26H,4-14,17-19H2,1-3H3. The van der Waals surface area contributed by atoms with Gasteiger partial charge >= 0.3 is 0 Å². The van der Waals surface area contributed by atoms with Crippen LogP contribution in [0.1, 0.15) is 122 Å². The zero-order chi connectivity index (χ0) is 19.0. The summed E-state index contributed by atoms with van der Waals surface area (Å²) in [5.41, 5.74) is 1.20. The van der Waals surface area contributed by atoms with Gasteiger partial charge in [-0.1, -0.05) is 110 Å². The summed E-state index contributed by atoms with van der Waals surface area (Å²) in [4.78, 5) is 0. The highest BCUT2D eigenvalue weighted by Gasteiger charge is 2.24. The fourth-order valence-electron chi connectivity index (χ4n) is 4.25. The van der Waals surface area contributed by atoms with Gasteiger partial charge in [0.15, 0.2) is 0 Å². The van der Waals surface area contributed by atoms with Crippen molar-refractivity contribution in [2.45, 2.75) is 117 Å². The number of rotatable bonds is 16. The lowest BCUT2D eigenvalue weighted by molar-refractivity contribution is 0.320. The van der Waals surface area contributed by atoms with Crippen molar-refractivity contribution in [3.05, 3.63) is 29.8 Å². The van der Waals surface area contributed by atoms with Gasteiger partial charge in [-0.3, -0.25) is 0 Å². The first-order valence-corrected chi connectivity index (χ1v) is 11.5. The van der Waals surface area contributed by atoms with Crippen molar-refractivity contribution in [1.82, 2.24) is 0 Å². The Morgan fingerprint density at radius 1 is 0.654 bits per heavy atom. The van der Waals surface area contributed by atoms with E-state index < -0.39 is 0 Å². The molecule has 1 heteroatoms. The number of unbranched alkanes of at least 4 members (excludes halogenated alkanes) is 8. The molecule has 1 atom stereocenters. The summed E-state index contributed by atoms with van der Waals surface area (Å²) in [5.74, 6) is 1.77. The normalized spacial score (nSPS) is 12.6. The third-order valence-corrected chi connectivity index (χ3v) is 5.88. The first kappa shape index (κ1) is 23.1. The Hall–Kier alpha value is -0.980. The third kappa shape index (κ3) is 9.10. The minimum atomic E-state index is 0.512. The fraction of sp³-hybridized carbons (Fsp3) is 0.760. The molecule has 0 heterocycles. The maximum absolute atomic E-state index is 10.5. The zero-order valence-electron chi connectivity index (χ0n) is 17.8. The molecule has 1 aromatic rings. The van der Waals surface area contributed by atoms with Gasteiger partial charge in [-0.05, 0) is 42.7 Å². The molecule has 0 saturated heterocycles. The summed E-state index contributed by atoms with van der Waals surface area (Å²) in [7, 11) is 0. The number of hydrogen-bond acceptors (Lipinski definition) is 1. The van der Waals surface area contributed by atoms with E-state index in [0.29, 0.717) is 11.7 Å². The van der Waals surface area contributed by atoms with Gasteiger partial charge in [-0.15, -0.1) is 0 Å². The molecule has 0 aliphatic rings. The van der Waals surface area contributed by atoms with Crippen molar-refractivity contribution in [2.24, 2.45) is 5.92 Å². The van der Waals surface area contributed by atoms with Crippen molar-refractivity contribution >= 4 is 0 Å². The van der Waals surface area contributed by atoms with Crippen molar-refractivity contribution in [2.75, 3.05) is 0 Å². The fourth-order valence-corrected chi connectivity index (χ4v) is 4.25. The zero-order valence-corrected chi connectivity index (χ0v) is 17.8. The van der Waals surface area contributed by atoms with Gasteiger partial charge in [0.2, 0.25) is 0 Å². The van der Waals surface area contributed by atoms with Gasteiger partial charge in [0.05, 0.1) is 0 Å². The van der Waals surface area contributed by atoms with Crippen molar-refractivity contribution < 1.29 is 5.11 Å². The predicted octanol–water partition coefficient (Wildman–Crippen LogP) is 8.61. The molecule has 150 valence electrons. The Bertz CT molecular complexity index is 432. The van der Waals surface area contributed by atoms with Gasteiger partial charge in [0.1, 0.15) is 5.75 Å². The van der Waals surface area contributed by atoms with E-state index in [1.807, 2.05) is 12.1 Å². The van der Waals surface area contributed by atoms with Crippen LogP contribution in [0, 0.1) is 5.92 Å². The summed E-state index contributed by atoms with van der Waals surface area (Å²) in [5, 5.41) is 10.5. The molecular formula is C25H44O. The predicted molar refractivity (Wildman–Crippen MR) is 116 cm³/mol. The summed E-state index contributed by atoms with van der Waals surface area (Å²) in [6, 6.07) is 8.11. The van der Waals surface area contributed by atoms with Crippen molar-refractivity contribution in [3.8, 4) is 5.75 Å². The average molecular weight is 361 g/mol. The molecule has 0 bridgehead atoms. The minimum Gasteiger partial charge on any atom is -0.508 e. The summed E-state index contributed by atoms with van der Waals surface area (Å²) >= 11 is 0. The summed E-state index contributed by atoms with van der Waals surface area (Å²) in [6.07, 6.45) is 18.6. The summed E-state index contributed by atoms with van der Waals surface area (Å²) in [6.45, 7) is 6.87. The van der Waals surface area contributed by atoms with Gasteiger partial charge in [-0.25, -0.2) is 0 Å². The monoisotopic (exact) mass is 360 g/mol. The van der Waals surface area contributed by atoms with Gasteiger partial charge in [0, 0.05) is 0 Å². The van der Waals surface area contributed by atoms with Crippen molar-refractivity contribution in [3.63, 3.8) is 0 Å². The molecule has 1 N–H and O–H groups in total. The van der Waals surface area contributed by atoms with E-state index in [9.17, 15) is 5.11 Å². The number of para-hydroxylation sites is 1. The van der Waals surface area contributed by atoms with Crippen LogP contribution in [0.4, 0.5) is 0 Å². The average Bonchev–Trinajstić information content (AvgIpc) is 2.66. The molecule has 1 rings (SSSR count). The molecule has 0 amide bonds. The molecule has 1 nitrogen and oxygen atoms in total. The topological polar surface area (TPSA) is 20.2 Å². The van der Waals surface area contributed by atoms with Gasteiger partial charge in [-0.2, -0.15) is 0 Å². The van der Waals surface area contributed by atoms with E-state index in [-0.39, 0.29) is 0 Å². The molecule has 0 saturated carbocycles. The second-order valence-corrected chi connectivity index (χ2v) is 8.12. The minimum absolute atomic E-state index is 0.512. The number of aromatic hydroxyl groups is 1. The molecule has 0 radical (unpaired) electrons. The smallest absolute Gasteiger partial charge is 0.119 e. The van der Waals surface area contributed by atoms with Crippen LogP contribution in [-0.2, 0) is 0 Å². The SMILES string of the molecule is CCCCCCCCCC(c1ccccc1O)C(CCCC)CCCC. The first-order valence-electron chi connectivity index (χ1n) is 11.5. The van der Waals surface area contributed by atoms with E-state index in [2.05, 4.69) is 32.9 Å². The molecule has 0 aliphatic carbocycles. The molecule has 0 spiro atoms. The molecule has 0 fully saturated rings. The number of benzene rings is 1. The largest absolute Gasteiger partial charge is 0.508 e. The molecule has 0 aliphatic heterocycles. The molecule has 1 unspecified atom stereocenters. The van der Waals surface area contributed by atoms with Crippen LogP contribution < -0.4 is 0 Å². The second kappa shape index (κ2) is 15.1. The van der Waals surface area contributed by atoms with E-state index in [1.54, 1.807) is 0 Å². The lowest BCUT2D eigenvalue weighted by Gasteiger charge is -2.28. The maximum atomic E-state index is 10.5. The Labute approximate surface area is 163 Å². The van der Waals surface area contributed by atoms with E-state index in [4.69, 9.17) is 0 Å². The Morgan fingerprint density at radius 3 is 1.77 bits per heavy atom. The third-order valence-electron chi connectivity index (χ3n) is 5.88. The highest BCUT2D eigenvalue weighted by atomic mass is 16.3. The molecule has 1 aromatic carbocycles. The Morgan fingerprint density at radius 2 is 1.19 bits per heavy atom. The van der Waals surface area contributed by atoms with Crippen LogP contribution in [0.25, 0.3) is 0 Å². The number of phenolic OH excluding ortho intramolecular Hbond substituents is 1. The van der Waals surface area contributed by atoms with Crippen LogP contribution in [0.5, 0.6) is 5.75 Å². The highest BCUT2D eigenvalue weighted by molar-refractivity contribution is 5.35. The van der Waals surface area contributed by atoms with Crippen LogP contribution in [0.3, 0.4) is 0 Å². The molecular weight excluding hydrogens is 316 g/mol. The van der Waals surface area contributed by atoms with Crippen LogP contribution >= 0.6 is 0 Å². The number of hydrogen-bond donors (Lipinski definition) is 1. The Kier molecular flexibility index (Phi) is 13.4. The first-order chi connectivity index (χ1) is 12.7. The maximum Gasteiger partial charge on any atom is 0.119 e. The number of phenols is 1. The van der Waals surface area contributed by atoms with Crippen LogP contribution in [0.2, 0.25) is 0 Å². The molecule has 26 heavy (non-hydrogen) atoms. The van der Waals surface area contributed by atoms with E-state index in [0.717, 1.165) is 5.92 Å². The van der Waals surface area contributed by atoms with E-state index >= 15 is 0 Å². The van der Waals surface area contributed by atoms with Crippen LogP contribution in [-0.4, -0.2) is 5.11 Å². The Balaban J connectivity index is 2.69. The van der Waals surface area contributed by atoms with Crippen molar-refractivity contribution in [1.29, 1.82) is 0 Å². The highest BCUT2D eigenvalue weighted by Crippen LogP contribution is 2.40. The second-order valence-electron chi connectivity index (χ2n) is 8.12. The van der Waals surface area contributed by atoms with Gasteiger partial charge < -0.3 is 5.11 Å². The van der Waals surface area contributed by atoms with E-state index in [1.165, 1.54) is 95.5 Å². The lowest BCUT2D eigenvalue weighted by Crippen LogP contribution is -2.14. The quantitative estimate of drug-likeness (QED) is 0.292. The molecule has 0 aromatic heterocycles. The lowest BCUT2D eigenvalue weighted by atomic mass is 9.77. The summed E-state index contributed by atoms with van der Waals surface area (Å²) < 4.78 is 0. The van der Waals surface area contributed by atoms with Gasteiger partial charge in [0.25, 0.3) is 0 Å². The van der Waals surface area contributed by atoms with Crippen LogP contribution in [0.15, 0.2) is 24.3 Å².